The summed E-state index contributed by atoms with van der Waals surface area (Å²) in [5.41, 5.74) is 3.95. The summed E-state index contributed by atoms with van der Waals surface area (Å²) in [6.45, 7) is 1.29. The molecule has 142 valence electrons. The molecule has 0 saturated carbocycles. The highest BCUT2D eigenvalue weighted by atomic mass is 16.5. The highest BCUT2D eigenvalue weighted by molar-refractivity contribution is 5.94. The van der Waals surface area contributed by atoms with E-state index in [1.54, 1.807) is 14.2 Å². The number of anilines is 1. The van der Waals surface area contributed by atoms with E-state index in [1.807, 2.05) is 24.3 Å². The Balaban J connectivity index is 1.47. The van der Waals surface area contributed by atoms with Crippen LogP contribution in [-0.4, -0.2) is 33.3 Å². The first-order valence-electron chi connectivity index (χ1n) is 9.14. The van der Waals surface area contributed by atoms with Crippen molar-refractivity contribution in [2.45, 2.75) is 25.7 Å². The minimum Gasteiger partial charge on any atom is -0.493 e. The number of carbonyl (C=O) groups is 1. The second-order valence-electron chi connectivity index (χ2n) is 6.65. The third-order valence-corrected chi connectivity index (χ3v) is 5.00. The van der Waals surface area contributed by atoms with E-state index in [0.717, 1.165) is 46.7 Å². The number of carbonyl (C=O) groups excluding carboxylic acids is 1. The van der Waals surface area contributed by atoms with Crippen molar-refractivity contribution in [1.29, 1.82) is 0 Å². The van der Waals surface area contributed by atoms with Gasteiger partial charge in [0.15, 0.2) is 11.5 Å². The maximum absolute atomic E-state index is 12.6. The van der Waals surface area contributed by atoms with E-state index in [2.05, 4.69) is 5.32 Å². The SMILES string of the molecule is COc1ccc(CCC(=O)Nc2c3c(cc4c2OCC4)OCC3)cc1OC. The number of aryl methyl sites for hydroxylation is 1. The molecule has 6 nitrogen and oxygen atoms in total. The fourth-order valence-electron chi connectivity index (χ4n) is 3.61. The van der Waals surface area contributed by atoms with Gasteiger partial charge in [0.25, 0.3) is 0 Å². The molecule has 0 unspecified atom stereocenters. The zero-order valence-electron chi connectivity index (χ0n) is 15.6. The van der Waals surface area contributed by atoms with E-state index in [-0.39, 0.29) is 5.91 Å². The predicted molar refractivity (Wildman–Crippen MR) is 101 cm³/mol. The van der Waals surface area contributed by atoms with Gasteiger partial charge in [-0.1, -0.05) is 6.07 Å². The third kappa shape index (κ3) is 3.39. The summed E-state index contributed by atoms with van der Waals surface area (Å²) < 4.78 is 22.0. The molecule has 2 heterocycles. The lowest BCUT2D eigenvalue weighted by molar-refractivity contribution is -0.116. The lowest BCUT2D eigenvalue weighted by atomic mass is 10.0. The van der Waals surface area contributed by atoms with E-state index in [0.29, 0.717) is 37.6 Å². The normalized spacial score (nSPS) is 14.0. The molecule has 0 fully saturated rings. The molecule has 27 heavy (non-hydrogen) atoms. The van der Waals surface area contributed by atoms with Crippen LogP contribution in [0.25, 0.3) is 0 Å². The van der Waals surface area contributed by atoms with E-state index in [4.69, 9.17) is 18.9 Å². The quantitative estimate of drug-likeness (QED) is 0.847. The monoisotopic (exact) mass is 369 g/mol. The first-order valence-corrected chi connectivity index (χ1v) is 9.14. The summed E-state index contributed by atoms with van der Waals surface area (Å²) in [5.74, 6) is 2.98. The number of fused-ring (bicyclic) bond motifs is 2. The van der Waals surface area contributed by atoms with Crippen LogP contribution in [0.3, 0.4) is 0 Å². The van der Waals surface area contributed by atoms with E-state index >= 15 is 0 Å². The van der Waals surface area contributed by atoms with Crippen LogP contribution < -0.4 is 24.3 Å². The fourth-order valence-corrected chi connectivity index (χ4v) is 3.61. The Morgan fingerprint density at radius 2 is 1.89 bits per heavy atom. The van der Waals surface area contributed by atoms with Crippen molar-refractivity contribution in [2.75, 3.05) is 32.8 Å². The molecule has 0 radical (unpaired) electrons. The molecule has 4 rings (SSSR count). The summed E-state index contributed by atoms with van der Waals surface area (Å²) in [5, 5.41) is 3.06. The van der Waals surface area contributed by atoms with Crippen molar-refractivity contribution >= 4 is 11.6 Å². The van der Waals surface area contributed by atoms with Crippen molar-refractivity contribution in [2.24, 2.45) is 0 Å². The lowest BCUT2D eigenvalue weighted by Gasteiger charge is -2.14. The highest BCUT2D eigenvalue weighted by Gasteiger charge is 2.27. The minimum absolute atomic E-state index is 0.0391. The molecule has 6 heteroatoms. The average molecular weight is 369 g/mol. The molecule has 0 aromatic heterocycles. The third-order valence-electron chi connectivity index (χ3n) is 5.00. The predicted octanol–water partition coefficient (Wildman–Crippen LogP) is 3.14. The van der Waals surface area contributed by atoms with E-state index < -0.39 is 0 Å². The van der Waals surface area contributed by atoms with Crippen LogP contribution >= 0.6 is 0 Å². The van der Waals surface area contributed by atoms with E-state index in [9.17, 15) is 4.79 Å². The molecule has 0 bridgehead atoms. The van der Waals surface area contributed by atoms with Gasteiger partial charge in [-0.05, 0) is 30.2 Å². The molecule has 0 saturated heterocycles. The van der Waals surface area contributed by atoms with Gasteiger partial charge in [0, 0.05) is 30.4 Å². The average Bonchev–Trinajstić information content (AvgIpc) is 3.35. The zero-order chi connectivity index (χ0) is 18.8. The molecule has 0 spiro atoms. The number of benzene rings is 2. The molecule has 1 amide bonds. The Labute approximate surface area is 158 Å². The van der Waals surface area contributed by atoms with Gasteiger partial charge in [0.1, 0.15) is 11.5 Å². The van der Waals surface area contributed by atoms with Gasteiger partial charge in [-0.2, -0.15) is 0 Å². The van der Waals surface area contributed by atoms with E-state index in [1.165, 1.54) is 0 Å². The Kier molecular flexibility index (Phi) is 4.79. The molecule has 2 aliphatic heterocycles. The van der Waals surface area contributed by atoms with Gasteiger partial charge >= 0.3 is 0 Å². The van der Waals surface area contributed by atoms with Gasteiger partial charge in [0.05, 0.1) is 33.1 Å². The second kappa shape index (κ2) is 7.39. The van der Waals surface area contributed by atoms with Crippen LogP contribution in [0.2, 0.25) is 0 Å². The van der Waals surface area contributed by atoms with Crippen molar-refractivity contribution in [1.82, 2.24) is 0 Å². The minimum atomic E-state index is -0.0391. The highest BCUT2D eigenvalue weighted by Crippen LogP contribution is 2.44. The van der Waals surface area contributed by atoms with Gasteiger partial charge in [-0.25, -0.2) is 0 Å². The first kappa shape index (κ1) is 17.5. The topological polar surface area (TPSA) is 66.0 Å². The zero-order valence-corrected chi connectivity index (χ0v) is 15.6. The van der Waals surface area contributed by atoms with Crippen LogP contribution in [-0.2, 0) is 24.1 Å². The summed E-state index contributed by atoms with van der Waals surface area (Å²) in [6.07, 6.45) is 2.62. The Bertz CT molecular complexity index is 845. The Morgan fingerprint density at radius 1 is 1.07 bits per heavy atom. The molecule has 0 atom stereocenters. The molecular formula is C21H23NO5. The molecule has 1 N–H and O–H groups in total. The summed E-state index contributed by atoms with van der Waals surface area (Å²) in [4.78, 5) is 12.6. The fraction of sp³-hybridized carbons (Fsp3) is 0.381. The van der Waals surface area contributed by atoms with Crippen LogP contribution in [0, 0.1) is 0 Å². The number of rotatable bonds is 6. The van der Waals surface area contributed by atoms with Crippen LogP contribution in [0.5, 0.6) is 23.0 Å². The van der Waals surface area contributed by atoms with Gasteiger partial charge in [-0.15, -0.1) is 0 Å². The summed E-state index contributed by atoms with van der Waals surface area (Å²) in [6, 6.07) is 7.75. The largest absolute Gasteiger partial charge is 0.493 e. The second-order valence-corrected chi connectivity index (χ2v) is 6.65. The van der Waals surface area contributed by atoms with Crippen LogP contribution in [0.4, 0.5) is 5.69 Å². The molecule has 2 aliphatic rings. The lowest BCUT2D eigenvalue weighted by Crippen LogP contribution is -2.14. The summed E-state index contributed by atoms with van der Waals surface area (Å²) in [7, 11) is 3.21. The Hall–Kier alpha value is -2.89. The Morgan fingerprint density at radius 3 is 2.70 bits per heavy atom. The van der Waals surface area contributed by atoms with Crippen molar-refractivity contribution in [3.05, 3.63) is 41.0 Å². The molecule has 2 aromatic carbocycles. The standard InChI is InChI=1S/C21H23NO5/c1-24-16-5-3-13(11-18(16)25-2)4-6-19(23)22-20-15-8-10-26-17(15)12-14-7-9-27-21(14)20/h3,5,11-12H,4,6-10H2,1-2H3,(H,22,23). The maximum Gasteiger partial charge on any atom is 0.224 e. The molecular weight excluding hydrogens is 346 g/mol. The van der Waals surface area contributed by atoms with Crippen LogP contribution in [0.15, 0.2) is 24.3 Å². The number of hydrogen-bond acceptors (Lipinski definition) is 5. The number of nitrogens with one attached hydrogen (secondary N) is 1. The number of methoxy groups -OCH3 is 2. The van der Waals surface area contributed by atoms with Crippen molar-refractivity contribution < 1.29 is 23.7 Å². The van der Waals surface area contributed by atoms with Gasteiger partial charge in [0.2, 0.25) is 5.91 Å². The molecule has 0 aliphatic carbocycles. The van der Waals surface area contributed by atoms with Crippen molar-refractivity contribution in [3.8, 4) is 23.0 Å². The summed E-state index contributed by atoms with van der Waals surface area (Å²) >= 11 is 0. The van der Waals surface area contributed by atoms with Gasteiger partial charge in [-0.3, -0.25) is 4.79 Å². The number of amides is 1. The number of hydrogen-bond donors (Lipinski definition) is 1. The maximum atomic E-state index is 12.6. The smallest absolute Gasteiger partial charge is 0.224 e. The number of ether oxygens (including phenoxy) is 4. The van der Waals surface area contributed by atoms with Crippen LogP contribution in [0.1, 0.15) is 23.1 Å². The first-order chi connectivity index (χ1) is 13.2. The molecule has 2 aromatic rings. The van der Waals surface area contributed by atoms with Crippen molar-refractivity contribution in [3.63, 3.8) is 0 Å². The van der Waals surface area contributed by atoms with Gasteiger partial charge < -0.3 is 24.3 Å².